The molecule has 1 saturated heterocycles. The van der Waals surface area contributed by atoms with Gasteiger partial charge in [-0.1, -0.05) is 23.9 Å². The van der Waals surface area contributed by atoms with Gasteiger partial charge in [0.05, 0.1) is 11.4 Å². The quantitative estimate of drug-likeness (QED) is 0.354. The number of nitrogens with zero attached hydrogens (tertiary/aromatic N) is 1. The van der Waals surface area contributed by atoms with Crippen LogP contribution < -0.4 is 20.9 Å². The minimum Gasteiger partial charge on any atom is -0.462 e. The van der Waals surface area contributed by atoms with Crippen molar-refractivity contribution in [1.82, 2.24) is 10.6 Å². The van der Waals surface area contributed by atoms with Gasteiger partial charge in [-0.05, 0) is 54.2 Å². The van der Waals surface area contributed by atoms with E-state index in [0.717, 1.165) is 37.6 Å². The number of para-hydroxylation sites is 2. The van der Waals surface area contributed by atoms with Gasteiger partial charge in [0.15, 0.2) is 0 Å². The molecule has 0 spiro atoms. The number of ether oxygens (including phenoxy) is 1. The zero-order valence-electron chi connectivity index (χ0n) is 16.3. The van der Waals surface area contributed by atoms with Gasteiger partial charge in [-0.3, -0.25) is 9.59 Å². The summed E-state index contributed by atoms with van der Waals surface area (Å²) in [4.78, 5) is 24.3. The summed E-state index contributed by atoms with van der Waals surface area (Å²) in [5.41, 5.74) is 1.60. The first-order valence-corrected chi connectivity index (χ1v) is 10.7. The maximum atomic E-state index is 12.5. The Morgan fingerprint density at radius 2 is 2.00 bits per heavy atom. The first kappa shape index (κ1) is 22.6. The number of carbonyl (C=O) groups is 2. The molecule has 1 fully saturated rings. The molecule has 0 radical (unpaired) electrons. The molecule has 0 aliphatic carbocycles. The Hall–Kier alpha value is -1.71. The number of amides is 1. The van der Waals surface area contributed by atoms with Crippen LogP contribution in [-0.4, -0.2) is 47.9 Å². The van der Waals surface area contributed by atoms with Gasteiger partial charge in [0.25, 0.3) is 12.4 Å². The molecule has 3 N–H and O–H groups in total. The predicted molar refractivity (Wildman–Crippen MR) is 119 cm³/mol. The van der Waals surface area contributed by atoms with Crippen LogP contribution in [0.25, 0.3) is 0 Å². The second-order valence-corrected chi connectivity index (χ2v) is 10.0. The van der Waals surface area contributed by atoms with Crippen LogP contribution in [0.2, 0.25) is 0 Å². The third kappa shape index (κ3) is 6.72. The lowest BCUT2D eigenvalue weighted by molar-refractivity contribution is -0.138. The number of carbonyl (C=O) groups excluding carboxylic acids is 2. The van der Waals surface area contributed by atoms with Crippen molar-refractivity contribution in [2.24, 2.45) is 0 Å². The number of hydrogen-bond acceptors (Lipinski definition) is 7. The number of halogens is 1. The second-order valence-electron chi connectivity index (χ2n) is 7.19. The Bertz CT molecular complexity index is 695. The van der Waals surface area contributed by atoms with E-state index < -0.39 is 3.78 Å². The molecule has 28 heavy (non-hydrogen) atoms. The standard InChI is InChI=1S/C14H17BrN4OS.C5H10O2/c15-14(17-7-10-21-14)13(20)18-11-3-1-2-4-12(11)19-8-5-16-6-9-19;1-5(2,3)7-4-6/h1-4,7,10,16-17H,5-6,8-9H2,(H,18,20);4H,1-3H3. The molecule has 0 aromatic heterocycles. The number of rotatable bonds is 4. The number of thioether (sulfide) groups is 1. The van der Waals surface area contributed by atoms with Gasteiger partial charge in [-0.25, -0.2) is 0 Å². The van der Waals surface area contributed by atoms with Gasteiger partial charge in [0.2, 0.25) is 3.78 Å². The summed E-state index contributed by atoms with van der Waals surface area (Å²) in [5, 5.41) is 11.2. The summed E-state index contributed by atoms with van der Waals surface area (Å²) in [5.74, 6) is -0.111. The lowest BCUT2D eigenvalue weighted by Gasteiger charge is -2.31. The highest BCUT2D eigenvalue weighted by molar-refractivity contribution is 9.12. The SMILES string of the molecule is CC(C)(C)OC=O.O=C(Nc1ccccc1N1CCNCC1)C1(Br)NC=CS1. The van der Waals surface area contributed by atoms with Crippen molar-refractivity contribution >= 4 is 51.4 Å². The van der Waals surface area contributed by atoms with Crippen molar-refractivity contribution in [3.63, 3.8) is 0 Å². The first-order valence-electron chi connectivity index (χ1n) is 9.02. The van der Waals surface area contributed by atoms with E-state index in [1.54, 1.807) is 6.20 Å². The van der Waals surface area contributed by atoms with Crippen LogP contribution >= 0.6 is 27.7 Å². The van der Waals surface area contributed by atoms with Gasteiger partial charge >= 0.3 is 0 Å². The molecule has 1 aromatic carbocycles. The number of hydrogen-bond donors (Lipinski definition) is 3. The molecule has 3 rings (SSSR count). The van der Waals surface area contributed by atoms with Crippen LogP contribution in [0.4, 0.5) is 11.4 Å². The van der Waals surface area contributed by atoms with Crippen LogP contribution in [0.5, 0.6) is 0 Å². The second kappa shape index (κ2) is 10.2. The van der Waals surface area contributed by atoms with Gasteiger partial charge < -0.3 is 25.6 Å². The molecule has 1 amide bonds. The zero-order valence-corrected chi connectivity index (χ0v) is 18.7. The van der Waals surface area contributed by atoms with Crippen molar-refractivity contribution in [3.05, 3.63) is 35.9 Å². The number of piperazine rings is 1. The van der Waals surface area contributed by atoms with Crippen molar-refractivity contribution in [2.45, 2.75) is 30.2 Å². The fraction of sp³-hybridized carbons (Fsp3) is 0.474. The van der Waals surface area contributed by atoms with Crippen LogP contribution in [-0.2, 0) is 14.3 Å². The van der Waals surface area contributed by atoms with Gasteiger partial charge in [-0.2, -0.15) is 0 Å². The fourth-order valence-electron chi connectivity index (χ4n) is 2.53. The van der Waals surface area contributed by atoms with Crippen LogP contribution in [0.3, 0.4) is 0 Å². The lowest BCUT2D eigenvalue weighted by atomic mass is 10.2. The Kier molecular flexibility index (Phi) is 8.21. The highest BCUT2D eigenvalue weighted by atomic mass is 79.9. The van der Waals surface area contributed by atoms with Crippen molar-refractivity contribution in [3.8, 4) is 0 Å². The lowest BCUT2D eigenvalue weighted by Crippen LogP contribution is -2.45. The third-order valence-corrected chi connectivity index (χ3v) is 5.92. The zero-order chi connectivity index (χ0) is 20.6. The molecule has 1 unspecified atom stereocenters. The van der Waals surface area contributed by atoms with Crippen molar-refractivity contribution in [2.75, 3.05) is 36.4 Å². The van der Waals surface area contributed by atoms with E-state index in [-0.39, 0.29) is 11.5 Å². The van der Waals surface area contributed by atoms with Crippen molar-refractivity contribution < 1.29 is 14.3 Å². The average Bonchev–Trinajstić information content (AvgIpc) is 3.10. The molecule has 154 valence electrons. The first-order chi connectivity index (χ1) is 13.2. The van der Waals surface area contributed by atoms with E-state index >= 15 is 0 Å². The number of alkyl halides is 1. The van der Waals surface area contributed by atoms with Crippen LogP contribution in [0.1, 0.15) is 20.8 Å². The summed E-state index contributed by atoms with van der Waals surface area (Å²) >= 11 is 4.85. The van der Waals surface area contributed by atoms with Gasteiger partial charge in [0, 0.05) is 32.4 Å². The Labute approximate surface area is 178 Å². The van der Waals surface area contributed by atoms with Gasteiger partial charge in [0.1, 0.15) is 5.60 Å². The number of anilines is 2. The summed E-state index contributed by atoms with van der Waals surface area (Å²) in [6.07, 6.45) is 1.77. The van der Waals surface area contributed by atoms with E-state index in [2.05, 4.69) is 47.6 Å². The summed E-state index contributed by atoms with van der Waals surface area (Å²) in [6.45, 7) is 9.74. The minimum atomic E-state index is -0.816. The Morgan fingerprint density at radius 3 is 2.54 bits per heavy atom. The van der Waals surface area contributed by atoms with Crippen molar-refractivity contribution in [1.29, 1.82) is 0 Å². The molecule has 1 atom stereocenters. The van der Waals surface area contributed by atoms with E-state index in [1.165, 1.54) is 11.8 Å². The third-order valence-electron chi connectivity index (χ3n) is 3.87. The monoisotopic (exact) mass is 470 g/mol. The van der Waals surface area contributed by atoms with E-state index in [4.69, 9.17) is 0 Å². The smallest absolute Gasteiger partial charge is 0.293 e. The maximum Gasteiger partial charge on any atom is 0.293 e. The molecule has 2 heterocycles. The Morgan fingerprint density at radius 1 is 1.32 bits per heavy atom. The van der Waals surface area contributed by atoms with Crippen LogP contribution in [0, 0.1) is 0 Å². The Balaban J connectivity index is 0.000000345. The fourth-order valence-corrected chi connectivity index (χ4v) is 3.70. The predicted octanol–water partition coefficient (Wildman–Crippen LogP) is 2.85. The molecular formula is C19H27BrN4O3S. The highest BCUT2D eigenvalue weighted by Crippen LogP contribution is 2.36. The molecule has 1 aromatic rings. The van der Waals surface area contributed by atoms with E-state index in [9.17, 15) is 9.59 Å². The molecule has 7 nitrogen and oxygen atoms in total. The average molecular weight is 471 g/mol. The molecule has 2 aliphatic heterocycles. The normalized spacial score (nSPS) is 21.2. The maximum absolute atomic E-state index is 12.5. The number of benzene rings is 1. The number of nitrogens with one attached hydrogen (secondary N) is 3. The molecule has 9 heteroatoms. The summed E-state index contributed by atoms with van der Waals surface area (Å²) in [7, 11) is 0. The summed E-state index contributed by atoms with van der Waals surface area (Å²) in [6, 6.07) is 7.94. The largest absolute Gasteiger partial charge is 0.462 e. The molecular weight excluding hydrogens is 444 g/mol. The molecule has 2 aliphatic rings. The van der Waals surface area contributed by atoms with E-state index in [0.29, 0.717) is 6.47 Å². The molecule has 0 saturated carbocycles. The minimum absolute atomic E-state index is 0.111. The van der Waals surface area contributed by atoms with Gasteiger partial charge in [-0.15, -0.1) is 0 Å². The topological polar surface area (TPSA) is 82.7 Å². The molecule has 0 bridgehead atoms. The van der Waals surface area contributed by atoms with Crippen LogP contribution in [0.15, 0.2) is 35.9 Å². The highest BCUT2D eigenvalue weighted by Gasteiger charge is 2.37. The summed E-state index contributed by atoms with van der Waals surface area (Å²) < 4.78 is 3.73. The van der Waals surface area contributed by atoms with E-state index in [1.807, 2.05) is 44.4 Å².